The highest BCUT2D eigenvalue weighted by atomic mass is 16.5. The molecule has 2 aliphatic heterocycles. The summed E-state index contributed by atoms with van der Waals surface area (Å²) >= 11 is 0. The molecule has 2 heterocycles. The largest absolute Gasteiger partial charge is 0.481 e. The van der Waals surface area contributed by atoms with Crippen molar-refractivity contribution in [3.05, 3.63) is 11.8 Å². The smallest absolute Gasteiger partial charge is 0.139 e. The van der Waals surface area contributed by atoms with Crippen LogP contribution in [0.5, 0.6) is 0 Å². The second-order valence-electron chi connectivity index (χ2n) is 2.46. The number of nitrogens with zero attached hydrogens (tertiary/aromatic N) is 1. The van der Waals surface area contributed by atoms with Gasteiger partial charge in [0.2, 0.25) is 0 Å². The molecule has 0 radical (unpaired) electrons. The fourth-order valence-electron chi connectivity index (χ4n) is 1.24. The number of hydrogen-bond donors (Lipinski definition) is 1. The Labute approximate surface area is 59.8 Å². The van der Waals surface area contributed by atoms with Gasteiger partial charge in [-0.05, 0) is 12.5 Å². The lowest BCUT2D eigenvalue weighted by atomic mass is 10.2. The fourth-order valence-corrected chi connectivity index (χ4v) is 1.24. The van der Waals surface area contributed by atoms with E-state index in [2.05, 4.69) is 10.3 Å². The van der Waals surface area contributed by atoms with Crippen LogP contribution < -0.4 is 5.32 Å². The third-order valence-corrected chi connectivity index (χ3v) is 1.80. The third-order valence-electron chi connectivity index (χ3n) is 1.80. The summed E-state index contributed by atoms with van der Waals surface area (Å²) in [5, 5.41) is 3.23. The first-order chi connectivity index (χ1) is 4.97. The molecule has 0 aliphatic carbocycles. The van der Waals surface area contributed by atoms with Crippen LogP contribution in [-0.2, 0) is 4.74 Å². The maximum Gasteiger partial charge on any atom is 0.139 e. The molecule has 10 heavy (non-hydrogen) atoms. The molecule has 1 unspecified atom stereocenters. The molecule has 2 rings (SSSR count). The Morgan fingerprint density at radius 2 is 2.70 bits per heavy atom. The molecular weight excluding hydrogens is 128 g/mol. The molecule has 0 amide bonds. The molecule has 1 N–H and O–H groups in total. The van der Waals surface area contributed by atoms with E-state index in [1.165, 1.54) is 0 Å². The van der Waals surface area contributed by atoms with Crippen molar-refractivity contribution in [1.82, 2.24) is 5.32 Å². The van der Waals surface area contributed by atoms with E-state index < -0.39 is 0 Å². The highest BCUT2D eigenvalue weighted by Crippen LogP contribution is 2.14. The molecule has 0 spiro atoms. The van der Waals surface area contributed by atoms with Crippen molar-refractivity contribution in [3.63, 3.8) is 0 Å². The average Bonchev–Trinajstić information content (AvgIpc) is 2.28. The van der Waals surface area contributed by atoms with Crippen LogP contribution in [0.3, 0.4) is 0 Å². The van der Waals surface area contributed by atoms with E-state index in [1.54, 1.807) is 0 Å². The highest BCUT2D eigenvalue weighted by molar-refractivity contribution is 5.72. The van der Waals surface area contributed by atoms with Crippen molar-refractivity contribution in [2.24, 2.45) is 4.99 Å². The minimum absolute atomic E-state index is 0.419. The van der Waals surface area contributed by atoms with Crippen molar-refractivity contribution in [2.75, 3.05) is 13.3 Å². The van der Waals surface area contributed by atoms with Crippen molar-refractivity contribution in [2.45, 2.75) is 12.5 Å². The topological polar surface area (TPSA) is 33.6 Å². The molecule has 0 saturated carbocycles. The van der Waals surface area contributed by atoms with Crippen LogP contribution in [0.25, 0.3) is 0 Å². The fraction of sp³-hybridized carbons (Fsp3) is 0.571. The maximum absolute atomic E-state index is 5.30. The van der Waals surface area contributed by atoms with Gasteiger partial charge in [0.05, 0.1) is 6.04 Å². The molecule has 3 heteroatoms. The quantitative estimate of drug-likeness (QED) is 0.522. The average molecular weight is 138 g/mol. The lowest BCUT2D eigenvalue weighted by Crippen LogP contribution is -2.22. The molecule has 0 aromatic rings. The highest BCUT2D eigenvalue weighted by Gasteiger charge is 2.21. The van der Waals surface area contributed by atoms with Crippen LogP contribution in [0.2, 0.25) is 0 Å². The van der Waals surface area contributed by atoms with Gasteiger partial charge in [-0.15, -0.1) is 0 Å². The van der Waals surface area contributed by atoms with E-state index in [9.17, 15) is 0 Å². The first kappa shape index (κ1) is 5.92. The Bertz CT molecular complexity index is 186. The summed E-state index contributed by atoms with van der Waals surface area (Å²) < 4.78 is 5.30. The second kappa shape index (κ2) is 2.42. The van der Waals surface area contributed by atoms with E-state index in [0.717, 1.165) is 18.7 Å². The standard InChI is InChI=1S/C7H10N2O/c1-3-8-4-2-7-6(1)9-5-10-7/h2,4,6,9H,1,3,5H2. The van der Waals surface area contributed by atoms with Crippen LogP contribution in [0, 0.1) is 0 Å². The molecule has 3 nitrogen and oxygen atoms in total. The first-order valence-corrected chi connectivity index (χ1v) is 3.53. The lowest BCUT2D eigenvalue weighted by Gasteiger charge is -2.03. The molecule has 1 atom stereocenters. The predicted molar refractivity (Wildman–Crippen MR) is 38.9 cm³/mol. The van der Waals surface area contributed by atoms with Gasteiger partial charge in [-0.3, -0.25) is 10.3 Å². The van der Waals surface area contributed by atoms with Crippen LogP contribution in [0.1, 0.15) is 6.42 Å². The second-order valence-corrected chi connectivity index (χ2v) is 2.46. The summed E-state index contributed by atoms with van der Waals surface area (Å²) in [5.74, 6) is 1.04. The molecule has 0 aromatic heterocycles. The van der Waals surface area contributed by atoms with E-state index in [1.807, 2.05) is 12.3 Å². The van der Waals surface area contributed by atoms with E-state index in [0.29, 0.717) is 12.8 Å². The van der Waals surface area contributed by atoms with Crippen molar-refractivity contribution < 1.29 is 4.74 Å². The molecule has 0 bridgehead atoms. The Morgan fingerprint density at radius 3 is 3.70 bits per heavy atom. The zero-order valence-electron chi connectivity index (χ0n) is 5.71. The number of hydrogen-bond acceptors (Lipinski definition) is 3. The van der Waals surface area contributed by atoms with E-state index in [-0.39, 0.29) is 0 Å². The number of allylic oxidation sites excluding steroid dienone is 1. The van der Waals surface area contributed by atoms with Gasteiger partial charge in [0, 0.05) is 12.8 Å². The Hall–Kier alpha value is -0.830. The lowest BCUT2D eigenvalue weighted by molar-refractivity contribution is 0.254. The number of nitrogens with one attached hydrogen (secondary N) is 1. The third kappa shape index (κ3) is 0.926. The summed E-state index contributed by atoms with van der Waals surface area (Å²) in [6.45, 7) is 1.56. The van der Waals surface area contributed by atoms with Crippen molar-refractivity contribution in [1.29, 1.82) is 0 Å². The number of ether oxygens (including phenoxy) is 1. The molecule has 1 fully saturated rings. The van der Waals surface area contributed by atoms with Gasteiger partial charge < -0.3 is 4.74 Å². The van der Waals surface area contributed by atoms with Crippen molar-refractivity contribution in [3.8, 4) is 0 Å². The maximum atomic E-state index is 5.30. The normalized spacial score (nSPS) is 30.4. The zero-order valence-corrected chi connectivity index (χ0v) is 5.71. The number of rotatable bonds is 0. The molecule has 0 aromatic carbocycles. The monoisotopic (exact) mass is 138 g/mol. The van der Waals surface area contributed by atoms with E-state index >= 15 is 0 Å². The van der Waals surface area contributed by atoms with Crippen LogP contribution in [0.4, 0.5) is 0 Å². The van der Waals surface area contributed by atoms with E-state index in [4.69, 9.17) is 4.74 Å². The summed E-state index contributed by atoms with van der Waals surface area (Å²) in [4.78, 5) is 4.13. The van der Waals surface area contributed by atoms with Crippen LogP contribution in [0.15, 0.2) is 16.8 Å². The Kier molecular flexibility index (Phi) is 1.43. The van der Waals surface area contributed by atoms with Crippen LogP contribution in [-0.4, -0.2) is 25.5 Å². The molecule has 1 saturated heterocycles. The zero-order chi connectivity index (χ0) is 6.81. The molecular formula is C7H10N2O. The van der Waals surface area contributed by atoms with Gasteiger partial charge in [-0.1, -0.05) is 0 Å². The van der Waals surface area contributed by atoms with Gasteiger partial charge in [0.1, 0.15) is 12.5 Å². The number of aliphatic imine (C=N–C) groups is 1. The van der Waals surface area contributed by atoms with Gasteiger partial charge in [-0.2, -0.15) is 0 Å². The summed E-state index contributed by atoms with van der Waals surface area (Å²) in [6, 6.07) is 0.419. The minimum atomic E-state index is 0.419. The van der Waals surface area contributed by atoms with Crippen molar-refractivity contribution >= 4 is 6.21 Å². The SMILES string of the molecule is C1=NCCC2NCOC2=C1. The molecule has 2 aliphatic rings. The minimum Gasteiger partial charge on any atom is -0.481 e. The Balaban J connectivity index is 2.18. The Morgan fingerprint density at radius 1 is 1.70 bits per heavy atom. The summed E-state index contributed by atoms with van der Waals surface area (Å²) in [6.07, 6.45) is 4.82. The number of fused-ring (bicyclic) bond motifs is 1. The molecule has 54 valence electrons. The van der Waals surface area contributed by atoms with Gasteiger partial charge in [-0.25, -0.2) is 0 Å². The van der Waals surface area contributed by atoms with Gasteiger partial charge in [0.25, 0.3) is 0 Å². The van der Waals surface area contributed by atoms with Crippen LogP contribution >= 0.6 is 0 Å². The van der Waals surface area contributed by atoms with Gasteiger partial charge in [0.15, 0.2) is 0 Å². The first-order valence-electron chi connectivity index (χ1n) is 3.53. The summed E-state index contributed by atoms with van der Waals surface area (Å²) in [7, 11) is 0. The van der Waals surface area contributed by atoms with Gasteiger partial charge >= 0.3 is 0 Å². The summed E-state index contributed by atoms with van der Waals surface area (Å²) in [5.41, 5.74) is 0. The predicted octanol–water partition coefficient (Wildman–Crippen LogP) is 0.291.